The number of para-hydroxylation sites is 1. The summed E-state index contributed by atoms with van der Waals surface area (Å²) < 4.78 is 0. The molecule has 1 atom stereocenters. The summed E-state index contributed by atoms with van der Waals surface area (Å²) in [5.74, 6) is -0.0187. The molecule has 1 heterocycles. The Bertz CT molecular complexity index is 658. The number of nitrogens with one attached hydrogen (secondary N) is 2. The van der Waals surface area contributed by atoms with Gasteiger partial charge in [0.15, 0.2) is 0 Å². The Morgan fingerprint density at radius 1 is 1.19 bits per heavy atom. The first-order chi connectivity index (χ1) is 12.7. The molecule has 148 valence electrons. The molecule has 0 unspecified atom stereocenters. The molecule has 6 nitrogen and oxygen atoms in total. The molecule has 1 saturated heterocycles. The monoisotopic (exact) mass is 373 g/mol. The lowest BCUT2D eigenvalue weighted by molar-refractivity contribution is -0.124. The molecule has 1 aromatic carbocycles. The van der Waals surface area contributed by atoms with Crippen LogP contribution in [0.15, 0.2) is 30.3 Å². The third-order valence-electron chi connectivity index (χ3n) is 4.74. The molecule has 1 aromatic rings. The number of nitrogens with zero attached hydrogens (tertiary/aromatic N) is 1. The van der Waals surface area contributed by atoms with Crippen LogP contribution in [0.4, 0.5) is 5.69 Å². The van der Waals surface area contributed by atoms with Crippen LogP contribution in [0.2, 0.25) is 0 Å². The topological polar surface area (TPSA) is 78.5 Å². The molecular weight excluding hydrogens is 342 g/mol. The summed E-state index contributed by atoms with van der Waals surface area (Å²) in [5, 5.41) is 5.90. The first-order valence-corrected chi connectivity index (χ1v) is 9.64. The van der Waals surface area contributed by atoms with E-state index < -0.39 is 5.54 Å². The molecule has 0 radical (unpaired) electrons. The van der Waals surface area contributed by atoms with Crippen LogP contribution in [0.1, 0.15) is 46.5 Å². The molecule has 1 aliphatic heterocycles. The summed E-state index contributed by atoms with van der Waals surface area (Å²) in [5.41, 5.74) is 0.287. The number of piperidine rings is 1. The van der Waals surface area contributed by atoms with E-state index in [0.29, 0.717) is 25.9 Å². The molecule has 1 aliphatic rings. The third kappa shape index (κ3) is 7.51. The van der Waals surface area contributed by atoms with Gasteiger partial charge in [0.2, 0.25) is 11.8 Å². The Morgan fingerprint density at radius 3 is 2.56 bits per heavy atom. The van der Waals surface area contributed by atoms with Crippen LogP contribution in [-0.4, -0.2) is 47.7 Å². The van der Waals surface area contributed by atoms with Gasteiger partial charge in [-0.05, 0) is 52.3 Å². The lowest BCUT2D eigenvalue weighted by Crippen LogP contribution is -2.46. The third-order valence-corrected chi connectivity index (χ3v) is 4.74. The predicted octanol–water partition coefficient (Wildman–Crippen LogP) is 2.60. The van der Waals surface area contributed by atoms with Crippen molar-refractivity contribution in [3.8, 4) is 0 Å². The van der Waals surface area contributed by atoms with Crippen molar-refractivity contribution in [3.63, 3.8) is 0 Å². The number of rotatable bonds is 8. The van der Waals surface area contributed by atoms with Gasteiger partial charge in [-0.3, -0.25) is 14.4 Å². The fraction of sp³-hybridized carbons (Fsp3) is 0.571. The summed E-state index contributed by atoms with van der Waals surface area (Å²) in [7, 11) is 0. The van der Waals surface area contributed by atoms with Crippen LogP contribution in [0.3, 0.4) is 0 Å². The normalized spacial score (nSPS) is 18.0. The summed E-state index contributed by atoms with van der Waals surface area (Å²) in [6.07, 6.45) is 2.51. The second-order valence-electron chi connectivity index (χ2n) is 8.06. The second-order valence-corrected chi connectivity index (χ2v) is 8.06. The standard InChI is InChI=1S/C21H31N3O3/c1-16(25)14-21(2,3)23-19(26)11-13-24-12-7-8-17(15-24)20(27)22-18-9-5-4-6-10-18/h4-6,9-10,17H,7-8,11-15H2,1-3H3,(H,22,27)(H,23,26)/t17-/m1/s1. The Hall–Kier alpha value is -2.21. The lowest BCUT2D eigenvalue weighted by Gasteiger charge is -2.32. The summed E-state index contributed by atoms with van der Waals surface area (Å²) in [6, 6.07) is 9.47. The second kappa shape index (κ2) is 9.65. The maximum atomic E-state index is 12.5. The zero-order valence-corrected chi connectivity index (χ0v) is 16.6. The molecule has 0 spiro atoms. The van der Waals surface area contributed by atoms with Gasteiger partial charge in [0.25, 0.3) is 0 Å². The molecule has 2 N–H and O–H groups in total. The predicted molar refractivity (Wildman–Crippen MR) is 106 cm³/mol. The van der Waals surface area contributed by atoms with E-state index in [9.17, 15) is 14.4 Å². The first kappa shape index (κ1) is 21.1. The Balaban J connectivity index is 1.78. The van der Waals surface area contributed by atoms with Crippen molar-refractivity contribution < 1.29 is 14.4 Å². The molecule has 0 saturated carbocycles. The van der Waals surface area contributed by atoms with E-state index in [4.69, 9.17) is 0 Å². The molecule has 0 aliphatic carbocycles. The van der Waals surface area contributed by atoms with Gasteiger partial charge in [-0.25, -0.2) is 0 Å². The van der Waals surface area contributed by atoms with E-state index >= 15 is 0 Å². The molecule has 2 amide bonds. The van der Waals surface area contributed by atoms with Crippen molar-refractivity contribution in [3.05, 3.63) is 30.3 Å². The maximum Gasteiger partial charge on any atom is 0.228 e. The van der Waals surface area contributed by atoms with Crippen LogP contribution in [0, 0.1) is 5.92 Å². The summed E-state index contributed by atoms with van der Waals surface area (Å²) in [6.45, 7) is 7.44. The number of amides is 2. The highest BCUT2D eigenvalue weighted by Gasteiger charge is 2.27. The largest absolute Gasteiger partial charge is 0.351 e. The molecule has 27 heavy (non-hydrogen) atoms. The quantitative estimate of drug-likeness (QED) is 0.734. The molecular formula is C21H31N3O3. The van der Waals surface area contributed by atoms with Gasteiger partial charge >= 0.3 is 0 Å². The lowest BCUT2D eigenvalue weighted by atomic mass is 9.96. The molecule has 6 heteroatoms. The average molecular weight is 373 g/mol. The average Bonchev–Trinajstić information content (AvgIpc) is 2.59. The minimum Gasteiger partial charge on any atom is -0.351 e. The number of anilines is 1. The van der Waals surface area contributed by atoms with E-state index in [1.54, 1.807) is 0 Å². The van der Waals surface area contributed by atoms with Crippen molar-refractivity contribution in [2.45, 2.75) is 52.0 Å². The Labute approximate surface area is 161 Å². The number of ketones is 1. The number of benzene rings is 1. The van der Waals surface area contributed by atoms with Crippen molar-refractivity contribution in [2.75, 3.05) is 25.0 Å². The minimum absolute atomic E-state index is 0.0398. The smallest absolute Gasteiger partial charge is 0.228 e. The van der Waals surface area contributed by atoms with E-state index in [-0.39, 0.29) is 23.5 Å². The van der Waals surface area contributed by atoms with Gasteiger partial charge in [0.1, 0.15) is 5.78 Å². The fourth-order valence-corrected chi connectivity index (χ4v) is 3.60. The van der Waals surface area contributed by atoms with Crippen LogP contribution >= 0.6 is 0 Å². The zero-order chi connectivity index (χ0) is 19.9. The minimum atomic E-state index is -0.525. The van der Waals surface area contributed by atoms with Crippen molar-refractivity contribution in [1.82, 2.24) is 10.2 Å². The molecule has 0 bridgehead atoms. The Kier molecular flexibility index (Phi) is 7.54. The van der Waals surface area contributed by atoms with Gasteiger partial charge in [-0.15, -0.1) is 0 Å². The highest BCUT2D eigenvalue weighted by Crippen LogP contribution is 2.19. The fourth-order valence-electron chi connectivity index (χ4n) is 3.60. The highest BCUT2D eigenvalue weighted by molar-refractivity contribution is 5.92. The summed E-state index contributed by atoms with van der Waals surface area (Å²) in [4.78, 5) is 38.2. The van der Waals surface area contributed by atoms with Crippen LogP contribution in [0.25, 0.3) is 0 Å². The van der Waals surface area contributed by atoms with Gasteiger partial charge in [-0.1, -0.05) is 18.2 Å². The zero-order valence-electron chi connectivity index (χ0n) is 16.6. The first-order valence-electron chi connectivity index (χ1n) is 9.64. The van der Waals surface area contributed by atoms with E-state index in [1.807, 2.05) is 44.2 Å². The van der Waals surface area contributed by atoms with Crippen molar-refractivity contribution >= 4 is 23.3 Å². The number of Topliss-reactive ketones (excluding diaryl/α,β-unsaturated/α-hetero) is 1. The molecule has 0 aromatic heterocycles. The number of carbonyl (C=O) groups is 3. The SMILES string of the molecule is CC(=O)CC(C)(C)NC(=O)CCN1CCC[C@@H](C(=O)Nc2ccccc2)C1. The van der Waals surface area contributed by atoms with Crippen LogP contribution < -0.4 is 10.6 Å². The van der Waals surface area contributed by atoms with Crippen LogP contribution in [0.5, 0.6) is 0 Å². The highest BCUT2D eigenvalue weighted by atomic mass is 16.2. The van der Waals surface area contributed by atoms with E-state index in [2.05, 4.69) is 15.5 Å². The van der Waals surface area contributed by atoms with Crippen molar-refractivity contribution in [2.24, 2.45) is 5.92 Å². The molecule has 1 fully saturated rings. The number of carbonyl (C=O) groups excluding carboxylic acids is 3. The molecule has 2 rings (SSSR count). The number of hydrogen-bond donors (Lipinski definition) is 2. The van der Waals surface area contributed by atoms with Gasteiger partial charge in [0, 0.05) is 37.2 Å². The Morgan fingerprint density at radius 2 is 1.89 bits per heavy atom. The van der Waals surface area contributed by atoms with Gasteiger partial charge in [-0.2, -0.15) is 0 Å². The van der Waals surface area contributed by atoms with Gasteiger partial charge in [0.05, 0.1) is 5.92 Å². The number of likely N-dealkylation sites (tertiary alicyclic amines) is 1. The maximum absolute atomic E-state index is 12.5. The van der Waals surface area contributed by atoms with Crippen LogP contribution in [-0.2, 0) is 14.4 Å². The van der Waals surface area contributed by atoms with E-state index in [0.717, 1.165) is 25.1 Å². The van der Waals surface area contributed by atoms with Gasteiger partial charge < -0.3 is 15.5 Å². The van der Waals surface area contributed by atoms with E-state index in [1.165, 1.54) is 6.92 Å². The number of hydrogen-bond acceptors (Lipinski definition) is 4. The summed E-state index contributed by atoms with van der Waals surface area (Å²) >= 11 is 0. The van der Waals surface area contributed by atoms with Crippen molar-refractivity contribution in [1.29, 1.82) is 0 Å².